The number of rotatable bonds is 3. The zero-order valence-electron chi connectivity index (χ0n) is 14.7. The minimum atomic E-state index is -3.02. The highest BCUT2D eigenvalue weighted by Crippen LogP contribution is 2.28. The maximum Gasteiger partial charge on any atom is 0.272 e. The standard InChI is InChI=1S/C19H17F2N3O3S/c20-15-3-1-2-13(17(15)21)11-4-5-16-14(10-11)18(24-23-16)19(25)22-12-6-8-28(26,27)9-7-12/h1-5,10,12H,6-9H2,(H,22,25)(H,23,24). The molecule has 1 amide bonds. The van der Waals surface area contributed by atoms with Crippen molar-refractivity contribution in [3.63, 3.8) is 0 Å². The molecule has 2 heterocycles. The van der Waals surface area contributed by atoms with Crippen molar-refractivity contribution in [2.75, 3.05) is 11.5 Å². The van der Waals surface area contributed by atoms with Gasteiger partial charge in [-0.3, -0.25) is 9.89 Å². The van der Waals surface area contributed by atoms with Crippen LogP contribution in [0.15, 0.2) is 36.4 Å². The molecule has 0 unspecified atom stereocenters. The third-order valence-electron chi connectivity index (χ3n) is 4.93. The van der Waals surface area contributed by atoms with Crippen LogP contribution in [-0.2, 0) is 9.84 Å². The number of aromatic amines is 1. The second-order valence-corrected chi connectivity index (χ2v) is 9.14. The van der Waals surface area contributed by atoms with E-state index in [-0.39, 0.29) is 28.8 Å². The molecule has 0 saturated carbocycles. The van der Waals surface area contributed by atoms with E-state index in [1.807, 2.05) is 0 Å². The number of H-pyrrole nitrogens is 1. The lowest BCUT2D eigenvalue weighted by Crippen LogP contribution is -2.41. The summed E-state index contributed by atoms with van der Waals surface area (Å²) < 4.78 is 50.7. The minimum absolute atomic E-state index is 0.0439. The van der Waals surface area contributed by atoms with E-state index in [2.05, 4.69) is 15.5 Å². The zero-order chi connectivity index (χ0) is 19.9. The van der Waals surface area contributed by atoms with Crippen LogP contribution in [0, 0.1) is 11.6 Å². The van der Waals surface area contributed by atoms with E-state index in [9.17, 15) is 22.0 Å². The molecule has 1 aromatic heterocycles. The SMILES string of the molecule is O=C(NC1CCS(=O)(=O)CC1)c1n[nH]c2ccc(-c3cccc(F)c3F)cc12. The van der Waals surface area contributed by atoms with Gasteiger partial charge < -0.3 is 5.32 Å². The van der Waals surface area contributed by atoms with Gasteiger partial charge in [0.1, 0.15) is 9.84 Å². The maximum atomic E-state index is 14.1. The van der Waals surface area contributed by atoms with Crippen LogP contribution < -0.4 is 5.32 Å². The van der Waals surface area contributed by atoms with Crippen molar-refractivity contribution in [2.45, 2.75) is 18.9 Å². The quantitative estimate of drug-likeness (QED) is 0.701. The third-order valence-corrected chi connectivity index (χ3v) is 6.65. The molecule has 2 aromatic carbocycles. The molecule has 28 heavy (non-hydrogen) atoms. The first kappa shape index (κ1) is 18.5. The Labute approximate surface area is 159 Å². The highest BCUT2D eigenvalue weighted by atomic mass is 32.2. The van der Waals surface area contributed by atoms with E-state index in [4.69, 9.17) is 0 Å². The number of sulfone groups is 1. The molecule has 4 rings (SSSR count). The molecule has 0 bridgehead atoms. The summed E-state index contributed by atoms with van der Waals surface area (Å²) in [6.45, 7) is 0. The van der Waals surface area contributed by atoms with Crippen LogP contribution in [0.1, 0.15) is 23.3 Å². The van der Waals surface area contributed by atoms with Crippen LogP contribution in [0.4, 0.5) is 8.78 Å². The van der Waals surface area contributed by atoms with Crippen LogP contribution in [0.3, 0.4) is 0 Å². The first-order valence-electron chi connectivity index (χ1n) is 8.78. The van der Waals surface area contributed by atoms with Crippen molar-refractivity contribution in [1.82, 2.24) is 15.5 Å². The van der Waals surface area contributed by atoms with Gasteiger partial charge in [-0.2, -0.15) is 5.10 Å². The molecule has 0 atom stereocenters. The molecule has 6 nitrogen and oxygen atoms in total. The molecule has 1 saturated heterocycles. The number of hydrogen-bond donors (Lipinski definition) is 2. The number of halogens is 2. The molecular formula is C19H17F2N3O3S. The first-order chi connectivity index (χ1) is 13.3. The van der Waals surface area contributed by atoms with Crippen LogP contribution in [0.25, 0.3) is 22.0 Å². The topological polar surface area (TPSA) is 91.9 Å². The van der Waals surface area contributed by atoms with Gasteiger partial charge >= 0.3 is 0 Å². The Kier molecular flexibility index (Phi) is 4.62. The Bertz CT molecular complexity index is 1160. The van der Waals surface area contributed by atoms with E-state index in [0.29, 0.717) is 29.3 Å². The molecule has 3 aromatic rings. The molecule has 146 valence electrons. The summed E-state index contributed by atoms with van der Waals surface area (Å²) in [5.74, 6) is -2.26. The molecule has 1 aliphatic heterocycles. The van der Waals surface area contributed by atoms with Crippen molar-refractivity contribution >= 4 is 26.6 Å². The van der Waals surface area contributed by atoms with E-state index in [1.165, 1.54) is 12.1 Å². The van der Waals surface area contributed by atoms with Crippen LogP contribution in [0.2, 0.25) is 0 Å². The molecule has 0 spiro atoms. The number of benzene rings is 2. The summed E-state index contributed by atoms with van der Waals surface area (Å²) in [7, 11) is -3.02. The fourth-order valence-corrected chi connectivity index (χ4v) is 4.86. The number of amides is 1. The molecule has 9 heteroatoms. The first-order valence-corrected chi connectivity index (χ1v) is 10.6. The van der Waals surface area contributed by atoms with Crippen LogP contribution in [-0.4, -0.2) is 42.1 Å². The van der Waals surface area contributed by atoms with Crippen molar-refractivity contribution < 1.29 is 22.0 Å². The van der Waals surface area contributed by atoms with Gasteiger partial charge in [-0.15, -0.1) is 0 Å². The normalized spacial score (nSPS) is 16.9. The summed E-state index contributed by atoms with van der Waals surface area (Å²) in [4.78, 5) is 12.6. The Morgan fingerprint density at radius 3 is 2.64 bits per heavy atom. The van der Waals surface area contributed by atoms with E-state index in [0.717, 1.165) is 6.07 Å². The van der Waals surface area contributed by atoms with Gasteiger partial charge in [0.25, 0.3) is 5.91 Å². The lowest BCUT2D eigenvalue weighted by atomic mass is 10.0. The Balaban J connectivity index is 1.63. The number of aromatic nitrogens is 2. The van der Waals surface area contributed by atoms with Gasteiger partial charge in [-0.05, 0) is 36.6 Å². The highest BCUT2D eigenvalue weighted by Gasteiger charge is 2.26. The number of hydrogen-bond acceptors (Lipinski definition) is 4. The van der Waals surface area contributed by atoms with Gasteiger partial charge in [-0.25, -0.2) is 17.2 Å². The molecule has 1 fully saturated rings. The monoisotopic (exact) mass is 405 g/mol. The zero-order valence-corrected chi connectivity index (χ0v) is 15.5. The van der Waals surface area contributed by atoms with E-state index in [1.54, 1.807) is 18.2 Å². The number of carbonyl (C=O) groups is 1. The average molecular weight is 405 g/mol. The van der Waals surface area contributed by atoms with E-state index >= 15 is 0 Å². The Morgan fingerprint density at radius 1 is 1.14 bits per heavy atom. The molecule has 0 radical (unpaired) electrons. The second-order valence-electron chi connectivity index (χ2n) is 6.83. The van der Waals surface area contributed by atoms with Crippen molar-refractivity contribution in [3.05, 3.63) is 53.7 Å². The fraction of sp³-hybridized carbons (Fsp3) is 0.263. The Morgan fingerprint density at radius 2 is 1.89 bits per heavy atom. The van der Waals surface area contributed by atoms with E-state index < -0.39 is 27.4 Å². The largest absolute Gasteiger partial charge is 0.348 e. The van der Waals surface area contributed by atoms with Crippen LogP contribution in [0.5, 0.6) is 0 Å². The number of fused-ring (bicyclic) bond motifs is 1. The summed E-state index contributed by atoms with van der Waals surface area (Å²) in [6, 6.07) is 8.51. The smallest absolute Gasteiger partial charge is 0.272 e. The van der Waals surface area contributed by atoms with Crippen molar-refractivity contribution in [3.8, 4) is 11.1 Å². The molecule has 2 N–H and O–H groups in total. The summed E-state index contributed by atoms with van der Waals surface area (Å²) in [5.41, 5.74) is 1.22. The summed E-state index contributed by atoms with van der Waals surface area (Å²) >= 11 is 0. The second kappa shape index (κ2) is 6.97. The Hall–Kier alpha value is -2.81. The average Bonchev–Trinajstić information content (AvgIpc) is 3.09. The summed E-state index contributed by atoms with van der Waals surface area (Å²) in [6.07, 6.45) is 0.715. The molecular weight excluding hydrogens is 388 g/mol. The minimum Gasteiger partial charge on any atom is -0.348 e. The fourth-order valence-electron chi connectivity index (χ4n) is 3.37. The predicted molar refractivity (Wildman–Crippen MR) is 101 cm³/mol. The molecule has 0 aliphatic carbocycles. The highest BCUT2D eigenvalue weighted by molar-refractivity contribution is 7.91. The predicted octanol–water partition coefficient (Wildman–Crippen LogP) is 2.82. The number of nitrogens with one attached hydrogen (secondary N) is 2. The van der Waals surface area contributed by atoms with Crippen molar-refractivity contribution in [2.24, 2.45) is 0 Å². The molecule has 1 aliphatic rings. The van der Waals surface area contributed by atoms with Gasteiger partial charge in [-0.1, -0.05) is 18.2 Å². The summed E-state index contributed by atoms with van der Waals surface area (Å²) in [5, 5.41) is 10.1. The van der Waals surface area contributed by atoms with Gasteiger partial charge in [0.2, 0.25) is 0 Å². The van der Waals surface area contributed by atoms with Crippen molar-refractivity contribution in [1.29, 1.82) is 0 Å². The number of carbonyl (C=O) groups excluding carboxylic acids is 1. The van der Waals surface area contributed by atoms with Crippen LogP contribution >= 0.6 is 0 Å². The lowest BCUT2D eigenvalue weighted by molar-refractivity contribution is 0.0931. The van der Waals surface area contributed by atoms with Gasteiger partial charge in [0.05, 0.1) is 17.0 Å². The van der Waals surface area contributed by atoms with Gasteiger partial charge in [0.15, 0.2) is 17.3 Å². The van der Waals surface area contributed by atoms with Gasteiger partial charge in [0, 0.05) is 17.0 Å². The maximum absolute atomic E-state index is 14.1. The third kappa shape index (κ3) is 3.49. The lowest BCUT2D eigenvalue weighted by Gasteiger charge is -2.22. The number of nitrogens with zero attached hydrogens (tertiary/aromatic N) is 1.